The van der Waals surface area contributed by atoms with Crippen molar-refractivity contribution in [2.45, 2.75) is 39.2 Å². The van der Waals surface area contributed by atoms with Crippen LogP contribution < -0.4 is 5.32 Å². The predicted molar refractivity (Wildman–Crippen MR) is 114 cm³/mol. The van der Waals surface area contributed by atoms with E-state index >= 15 is 0 Å². The molecule has 2 aromatic carbocycles. The van der Waals surface area contributed by atoms with Crippen molar-refractivity contribution in [3.05, 3.63) is 71.3 Å². The van der Waals surface area contributed by atoms with Crippen molar-refractivity contribution < 1.29 is 23.9 Å². The molecule has 2 rings (SSSR count). The Balaban J connectivity index is 1.62. The summed E-state index contributed by atoms with van der Waals surface area (Å²) in [7, 11) is 1.33. The Hall–Kier alpha value is -3.15. The average molecular weight is 411 g/mol. The lowest BCUT2D eigenvalue weighted by molar-refractivity contribution is -0.121. The number of alkyl carbamates (subject to hydrolysis) is 1. The maximum absolute atomic E-state index is 12.4. The van der Waals surface area contributed by atoms with Gasteiger partial charge in [0.05, 0.1) is 12.7 Å². The van der Waals surface area contributed by atoms with Crippen molar-refractivity contribution in [1.29, 1.82) is 0 Å². The molecule has 0 radical (unpaired) electrons. The van der Waals surface area contributed by atoms with Crippen LogP contribution >= 0.6 is 0 Å². The lowest BCUT2D eigenvalue weighted by Gasteiger charge is -2.11. The van der Waals surface area contributed by atoms with Crippen LogP contribution in [0.3, 0.4) is 0 Å². The lowest BCUT2D eigenvalue weighted by Crippen LogP contribution is -2.25. The molecular weight excluding hydrogens is 382 g/mol. The molecule has 30 heavy (non-hydrogen) atoms. The van der Waals surface area contributed by atoms with Gasteiger partial charge >= 0.3 is 12.1 Å². The molecule has 2 aromatic rings. The predicted octanol–water partition coefficient (Wildman–Crippen LogP) is 4.32. The lowest BCUT2D eigenvalue weighted by atomic mass is 9.94. The maximum Gasteiger partial charge on any atom is 0.407 e. The van der Waals surface area contributed by atoms with Crippen molar-refractivity contribution in [1.82, 2.24) is 5.32 Å². The van der Waals surface area contributed by atoms with Gasteiger partial charge in [0.15, 0.2) is 0 Å². The number of ketones is 1. The van der Waals surface area contributed by atoms with E-state index in [9.17, 15) is 14.4 Å². The summed E-state index contributed by atoms with van der Waals surface area (Å²) in [4.78, 5) is 35.8. The SMILES string of the molecule is COC(=O)c1cccc(CC(=O)[C@@H](C)CCCCNC(=O)OCc2ccccc2)c1. The second-order valence-corrected chi connectivity index (χ2v) is 7.22. The molecule has 0 aliphatic rings. The van der Waals surface area contributed by atoms with Crippen molar-refractivity contribution in [2.24, 2.45) is 5.92 Å². The summed E-state index contributed by atoms with van der Waals surface area (Å²) >= 11 is 0. The third-order valence-electron chi connectivity index (χ3n) is 4.82. The Labute approximate surface area is 177 Å². The minimum absolute atomic E-state index is 0.0863. The smallest absolute Gasteiger partial charge is 0.407 e. The number of methoxy groups -OCH3 is 1. The minimum Gasteiger partial charge on any atom is -0.465 e. The monoisotopic (exact) mass is 411 g/mol. The van der Waals surface area contributed by atoms with Gasteiger partial charge in [0.1, 0.15) is 12.4 Å². The first-order valence-corrected chi connectivity index (χ1v) is 10.1. The average Bonchev–Trinajstić information content (AvgIpc) is 2.77. The first kappa shape index (κ1) is 23.1. The molecule has 0 aromatic heterocycles. The summed E-state index contributed by atoms with van der Waals surface area (Å²) < 4.78 is 9.87. The van der Waals surface area contributed by atoms with E-state index in [0.29, 0.717) is 12.1 Å². The Bertz CT molecular complexity index is 834. The first-order chi connectivity index (χ1) is 14.5. The Morgan fingerprint density at radius 1 is 0.967 bits per heavy atom. The molecule has 6 heteroatoms. The van der Waals surface area contributed by atoms with Crippen LogP contribution in [0.2, 0.25) is 0 Å². The number of hydrogen-bond donors (Lipinski definition) is 1. The van der Waals surface area contributed by atoms with Crippen molar-refractivity contribution in [2.75, 3.05) is 13.7 Å². The molecule has 0 saturated heterocycles. The van der Waals surface area contributed by atoms with Crippen LogP contribution in [0.25, 0.3) is 0 Å². The summed E-state index contributed by atoms with van der Waals surface area (Å²) in [5.41, 5.74) is 2.19. The zero-order valence-electron chi connectivity index (χ0n) is 17.6. The normalized spacial score (nSPS) is 11.4. The summed E-state index contributed by atoms with van der Waals surface area (Å²) in [6.07, 6.45) is 2.20. The van der Waals surface area contributed by atoms with Gasteiger partial charge in [-0.1, -0.05) is 55.8 Å². The van der Waals surface area contributed by atoms with E-state index in [-0.39, 0.29) is 24.7 Å². The van der Waals surface area contributed by atoms with Crippen LogP contribution in [0.1, 0.15) is 47.7 Å². The minimum atomic E-state index is -0.437. The zero-order valence-corrected chi connectivity index (χ0v) is 17.6. The molecule has 1 amide bonds. The molecule has 0 bridgehead atoms. The van der Waals surface area contributed by atoms with Gasteiger partial charge in [0.25, 0.3) is 0 Å². The molecule has 0 aliphatic heterocycles. The fourth-order valence-corrected chi connectivity index (χ4v) is 3.00. The highest BCUT2D eigenvalue weighted by Gasteiger charge is 2.14. The second kappa shape index (κ2) is 12.4. The Kier molecular flexibility index (Phi) is 9.58. The second-order valence-electron chi connectivity index (χ2n) is 7.22. The molecule has 1 N–H and O–H groups in total. The van der Waals surface area contributed by atoms with Crippen LogP contribution in [-0.2, 0) is 27.3 Å². The summed E-state index contributed by atoms with van der Waals surface area (Å²) in [6, 6.07) is 16.5. The molecule has 0 unspecified atom stereocenters. The fraction of sp³-hybridized carbons (Fsp3) is 0.375. The van der Waals surface area contributed by atoms with Gasteiger partial charge in [-0.15, -0.1) is 0 Å². The summed E-state index contributed by atoms with van der Waals surface area (Å²) in [5.74, 6) is -0.365. The van der Waals surface area contributed by atoms with Gasteiger partial charge in [-0.2, -0.15) is 0 Å². The Morgan fingerprint density at radius 3 is 2.43 bits per heavy atom. The number of ether oxygens (including phenoxy) is 2. The molecule has 0 heterocycles. The Morgan fingerprint density at radius 2 is 1.70 bits per heavy atom. The van der Waals surface area contributed by atoms with Crippen molar-refractivity contribution in [3.63, 3.8) is 0 Å². The zero-order chi connectivity index (χ0) is 21.8. The topological polar surface area (TPSA) is 81.7 Å². The molecule has 0 saturated carbocycles. The molecular formula is C24H29NO5. The van der Waals surface area contributed by atoms with E-state index in [1.54, 1.807) is 18.2 Å². The number of unbranched alkanes of at least 4 members (excludes halogenated alkanes) is 1. The highest BCUT2D eigenvalue weighted by molar-refractivity contribution is 5.90. The summed E-state index contributed by atoms with van der Waals surface area (Å²) in [6.45, 7) is 2.67. The molecule has 0 spiro atoms. The van der Waals surface area contributed by atoms with E-state index in [2.05, 4.69) is 5.32 Å². The third kappa shape index (κ3) is 8.07. The van der Waals surface area contributed by atoms with Crippen LogP contribution in [-0.4, -0.2) is 31.5 Å². The number of carbonyl (C=O) groups is 3. The van der Waals surface area contributed by atoms with Crippen LogP contribution in [0.4, 0.5) is 4.79 Å². The van der Waals surface area contributed by atoms with E-state index < -0.39 is 12.1 Å². The van der Waals surface area contributed by atoms with Gasteiger partial charge < -0.3 is 14.8 Å². The van der Waals surface area contributed by atoms with Crippen molar-refractivity contribution in [3.8, 4) is 0 Å². The molecule has 160 valence electrons. The van der Waals surface area contributed by atoms with E-state index in [4.69, 9.17) is 9.47 Å². The summed E-state index contributed by atoms with van der Waals surface area (Å²) in [5, 5.41) is 2.73. The number of Topliss-reactive ketones (excluding diaryl/α,β-unsaturated/α-hetero) is 1. The number of carbonyl (C=O) groups excluding carboxylic acids is 3. The molecule has 6 nitrogen and oxygen atoms in total. The molecule has 1 atom stereocenters. The number of rotatable bonds is 11. The van der Waals surface area contributed by atoms with Crippen LogP contribution in [0.5, 0.6) is 0 Å². The van der Waals surface area contributed by atoms with Gasteiger partial charge in [-0.05, 0) is 36.1 Å². The largest absolute Gasteiger partial charge is 0.465 e. The third-order valence-corrected chi connectivity index (χ3v) is 4.82. The quantitative estimate of drug-likeness (QED) is 0.440. The van der Waals surface area contributed by atoms with E-state index in [0.717, 1.165) is 30.4 Å². The maximum atomic E-state index is 12.4. The van der Waals surface area contributed by atoms with Gasteiger partial charge in [-0.3, -0.25) is 4.79 Å². The van der Waals surface area contributed by atoms with Gasteiger partial charge in [0.2, 0.25) is 0 Å². The number of hydrogen-bond acceptors (Lipinski definition) is 5. The molecule has 0 aliphatic carbocycles. The fourth-order valence-electron chi connectivity index (χ4n) is 3.00. The van der Waals surface area contributed by atoms with Crippen LogP contribution in [0.15, 0.2) is 54.6 Å². The number of benzene rings is 2. The number of esters is 1. The van der Waals surface area contributed by atoms with E-state index in [1.807, 2.05) is 43.3 Å². The van der Waals surface area contributed by atoms with E-state index in [1.165, 1.54) is 7.11 Å². The number of nitrogens with one attached hydrogen (secondary N) is 1. The van der Waals surface area contributed by atoms with Crippen LogP contribution in [0, 0.1) is 5.92 Å². The highest BCUT2D eigenvalue weighted by Crippen LogP contribution is 2.14. The highest BCUT2D eigenvalue weighted by atomic mass is 16.5. The number of amides is 1. The van der Waals surface area contributed by atoms with Gasteiger partial charge in [0, 0.05) is 18.9 Å². The van der Waals surface area contributed by atoms with Gasteiger partial charge in [-0.25, -0.2) is 9.59 Å². The standard InChI is InChI=1S/C24H29NO5/c1-18(22(26)16-20-12-8-13-21(15-20)23(27)29-2)9-6-7-14-25-24(28)30-17-19-10-4-3-5-11-19/h3-5,8,10-13,15,18H,6-7,9,14,16-17H2,1-2H3,(H,25,28)/t18-/m0/s1. The molecule has 0 fully saturated rings. The van der Waals surface area contributed by atoms with Crippen molar-refractivity contribution >= 4 is 17.8 Å². The first-order valence-electron chi connectivity index (χ1n) is 10.1.